The second kappa shape index (κ2) is 7.36. The van der Waals surface area contributed by atoms with Crippen molar-refractivity contribution in [1.29, 1.82) is 0 Å². The molecule has 0 aliphatic heterocycles. The summed E-state index contributed by atoms with van der Waals surface area (Å²) in [5.41, 5.74) is 2.15. The molecule has 3 aromatic rings. The van der Waals surface area contributed by atoms with E-state index in [1.807, 2.05) is 30.3 Å². The number of ether oxygens (including phenoxy) is 1. The lowest BCUT2D eigenvalue weighted by molar-refractivity contribution is 0.441. The maximum Gasteiger partial charge on any atom is 0.165 e. The molecule has 136 valence electrons. The number of hydrogen-bond acceptors (Lipinski definition) is 1. The zero-order valence-corrected chi connectivity index (χ0v) is 14.9. The van der Waals surface area contributed by atoms with Crippen molar-refractivity contribution in [3.05, 3.63) is 108 Å². The predicted octanol–water partition coefficient (Wildman–Crippen LogP) is 6.59. The second-order valence-corrected chi connectivity index (χ2v) is 6.95. The lowest BCUT2D eigenvalue weighted by Crippen LogP contribution is -2.02. The van der Waals surface area contributed by atoms with Crippen LogP contribution in [0.1, 0.15) is 24.0 Å². The fraction of sp³-hybridized carbons (Fsp3) is 0.167. The van der Waals surface area contributed by atoms with E-state index in [-0.39, 0.29) is 22.8 Å². The van der Waals surface area contributed by atoms with Gasteiger partial charge in [-0.3, -0.25) is 0 Å². The lowest BCUT2D eigenvalue weighted by Gasteiger charge is -2.11. The highest BCUT2D eigenvalue weighted by molar-refractivity contribution is 5.39. The number of allylic oxidation sites excluding steroid dienone is 2. The molecule has 4 rings (SSSR count). The van der Waals surface area contributed by atoms with Crippen molar-refractivity contribution in [2.45, 2.75) is 24.7 Å². The van der Waals surface area contributed by atoms with Crippen molar-refractivity contribution < 1.29 is 13.5 Å². The molecule has 1 aliphatic carbocycles. The van der Waals surface area contributed by atoms with Crippen LogP contribution in [0.2, 0.25) is 0 Å². The van der Waals surface area contributed by atoms with Crippen LogP contribution in [0.3, 0.4) is 0 Å². The number of hydrogen-bond donors (Lipinski definition) is 0. The summed E-state index contributed by atoms with van der Waals surface area (Å²) in [4.78, 5) is 0. The van der Waals surface area contributed by atoms with Gasteiger partial charge in [0.15, 0.2) is 11.6 Å². The zero-order chi connectivity index (χ0) is 18.7. The summed E-state index contributed by atoms with van der Waals surface area (Å²) < 4.78 is 32.8. The Hall–Kier alpha value is -2.94. The summed E-state index contributed by atoms with van der Waals surface area (Å²) in [6.07, 6.45) is 7.13. The lowest BCUT2D eigenvalue weighted by atomic mass is 9.95. The molecular weight excluding hydrogens is 342 g/mol. The monoisotopic (exact) mass is 362 g/mol. The van der Waals surface area contributed by atoms with Gasteiger partial charge in [-0.1, -0.05) is 48.6 Å². The van der Waals surface area contributed by atoms with E-state index >= 15 is 0 Å². The van der Waals surface area contributed by atoms with E-state index in [1.54, 1.807) is 24.3 Å². The van der Waals surface area contributed by atoms with Crippen LogP contribution in [0, 0.1) is 11.6 Å². The Morgan fingerprint density at radius 2 is 1.63 bits per heavy atom. The number of benzene rings is 3. The highest BCUT2D eigenvalue weighted by atomic mass is 19.1. The minimum Gasteiger partial charge on any atom is -0.454 e. The average Bonchev–Trinajstić information content (AvgIpc) is 3.47. The number of halogens is 2. The molecule has 0 heterocycles. The van der Waals surface area contributed by atoms with Gasteiger partial charge in [-0.05, 0) is 66.8 Å². The standard InChI is InChI=1S/C24H20F2O/c25-20-11-9-19(10-12-20)24(15-16-24)14-4-5-18-8-13-22(26)23(17-18)27-21-6-2-1-3-7-21/h1-4,6-14,17H,5,15-16H2. The van der Waals surface area contributed by atoms with E-state index in [0.29, 0.717) is 12.2 Å². The van der Waals surface area contributed by atoms with Crippen molar-refractivity contribution >= 4 is 0 Å². The van der Waals surface area contributed by atoms with E-state index in [2.05, 4.69) is 12.2 Å². The Balaban J connectivity index is 1.46. The maximum absolute atomic E-state index is 14.1. The van der Waals surface area contributed by atoms with Crippen LogP contribution in [0.15, 0.2) is 84.9 Å². The summed E-state index contributed by atoms with van der Waals surface area (Å²) in [6, 6.07) is 20.9. The van der Waals surface area contributed by atoms with Gasteiger partial charge in [0.2, 0.25) is 0 Å². The van der Waals surface area contributed by atoms with Crippen molar-refractivity contribution in [3.63, 3.8) is 0 Å². The first-order valence-electron chi connectivity index (χ1n) is 9.10. The second-order valence-electron chi connectivity index (χ2n) is 6.95. The van der Waals surface area contributed by atoms with Crippen molar-refractivity contribution in [1.82, 2.24) is 0 Å². The van der Waals surface area contributed by atoms with Gasteiger partial charge in [0, 0.05) is 5.41 Å². The molecule has 0 aromatic heterocycles. The molecule has 1 fully saturated rings. The summed E-state index contributed by atoms with van der Waals surface area (Å²) in [5.74, 6) is 0.247. The predicted molar refractivity (Wildman–Crippen MR) is 103 cm³/mol. The number of para-hydroxylation sites is 1. The Kier molecular flexibility index (Phi) is 4.76. The molecule has 3 aromatic carbocycles. The molecule has 0 amide bonds. The minimum atomic E-state index is -0.378. The average molecular weight is 362 g/mol. The Morgan fingerprint density at radius 1 is 0.889 bits per heavy atom. The van der Waals surface area contributed by atoms with E-state index in [4.69, 9.17) is 4.74 Å². The third-order valence-electron chi connectivity index (χ3n) is 4.96. The van der Waals surface area contributed by atoms with E-state index in [1.165, 1.54) is 18.2 Å². The first-order valence-corrected chi connectivity index (χ1v) is 9.10. The molecule has 0 spiro atoms. The molecule has 0 saturated heterocycles. The molecule has 0 unspecified atom stereocenters. The van der Waals surface area contributed by atoms with Crippen LogP contribution in [-0.2, 0) is 11.8 Å². The molecule has 0 N–H and O–H groups in total. The van der Waals surface area contributed by atoms with Crippen LogP contribution in [0.5, 0.6) is 11.5 Å². The molecule has 0 radical (unpaired) electrons. The minimum absolute atomic E-state index is 0.0249. The van der Waals surface area contributed by atoms with Crippen molar-refractivity contribution in [3.8, 4) is 11.5 Å². The van der Waals surface area contributed by atoms with E-state index in [0.717, 1.165) is 24.0 Å². The fourth-order valence-corrected chi connectivity index (χ4v) is 3.26. The summed E-state index contributed by atoms with van der Waals surface area (Å²) in [6.45, 7) is 0. The molecule has 3 heteroatoms. The number of rotatable bonds is 6. The van der Waals surface area contributed by atoms with Crippen LogP contribution in [-0.4, -0.2) is 0 Å². The van der Waals surface area contributed by atoms with Crippen LogP contribution >= 0.6 is 0 Å². The van der Waals surface area contributed by atoms with Gasteiger partial charge in [-0.15, -0.1) is 0 Å². The first-order chi connectivity index (χ1) is 13.1. The Bertz CT molecular complexity index is 942. The molecule has 0 bridgehead atoms. The fourth-order valence-electron chi connectivity index (χ4n) is 3.26. The summed E-state index contributed by atoms with van der Waals surface area (Å²) in [7, 11) is 0. The normalized spacial score (nSPS) is 15.0. The van der Waals surface area contributed by atoms with E-state index in [9.17, 15) is 8.78 Å². The Labute approximate surface area is 157 Å². The highest BCUT2D eigenvalue weighted by Crippen LogP contribution is 2.49. The van der Waals surface area contributed by atoms with E-state index < -0.39 is 0 Å². The van der Waals surface area contributed by atoms with Gasteiger partial charge >= 0.3 is 0 Å². The summed E-state index contributed by atoms with van der Waals surface area (Å²) >= 11 is 0. The smallest absolute Gasteiger partial charge is 0.165 e. The van der Waals surface area contributed by atoms with Gasteiger partial charge in [-0.25, -0.2) is 8.78 Å². The van der Waals surface area contributed by atoms with Crippen LogP contribution < -0.4 is 4.74 Å². The molecular formula is C24H20F2O. The SMILES string of the molecule is Fc1ccc(C2(C=CCc3ccc(F)c(Oc4ccccc4)c3)CC2)cc1. The zero-order valence-electron chi connectivity index (χ0n) is 14.9. The third kappa shape index (κ3) is 4.08. The van der Waals surface area contributed by atoms with Gasteiger partial charge in [0.1, 0.15) is 11.6 Å². The molecule has 27 heavy (non-hydrogen) atoms. The third-order valence-corrected chi connectivity index (χ3v) is 4.96. The molecule has 0 atom stereocenters. The van der Waals surface area contributed by atoms with Gasteiger partial charge < -0.3 is 4.74 Å². The summed E-state index contributed by atoms with van der Waals surface area (Å²) in [5, 5.41) is 0. The molecule has 1 nitrogen and oxygen atoms in total. The molecule has 1 aliphatic rings. The Morgan fingerprint density at radius 3 is 2.33 bits per heavy atom. The van der Waals surface area contributed by atoms with Crippen molar-refractivity contribution in [2.75, 3.05) is 0 Å². The maximum atomic E-state index is 14.1. The van der Waals surface area contributed by atoms with Gasteiger partial charge in [0.05, 0.1) is 0 Å². The van der Waals surface area contributed by atoms with Gasteiger partial charge in [0.25, 0.3) is 0 Å². The van der Waals surface area contributed by atoms with Gasteiger partial charge in [-0.2, -0.15) is 0 Å². The largest absolute Gasteiger partial charge is 0.454 e. The first kappa shape index (κ1) is 17.5. The molecule has 1 saturated carbocycles. The van der Waals surface area contributed by atoms with Crippen LogP contribution in [0.4, 0.5) is 8.78 Å². The topological polar surface area (TPSA) is 9.23 Å². The highest BCUT2D eigenvalue weighted by Gasteiger charge is 2.41. The van der Waals surface area contributed by atoms with Crippen LogP contribution in [0.25, 0.3) is 0 Å². The van der Waals surface area contributed by atoms with Crippen molar-refractivity contribution in [2.24, 2.45) is 0 Å². The quantitative estimate of drug-likeness (QED) is 0.450.